The Morgan fingerprint density at radius 3 is 2.78 bits per heavy atom. The number of nitrogens with zero attached hydrogens (tertiary/aromatic N) is 3. The molecule has 0 bridgehead atoms. The van der Waals surface area contributed by atoms with Crippen LogP contribution in [0.25, 0.3) is 21.8 Å². The first-order valence-electron chi connectivity index (χ1n) is 6.84. The molecule has 8 nitrogen and oxygen atoms in total. The Labute approximate surface area is 129 Å². The average Bonchev–Trinajstić information content (AvgIpc) is 2.54. The van der Waals surface area contributed by atoms with Gasteiger partial charge in [0.2, 0.25) is 5.43 Å². The predicted octanol–water partition coefficient (Wildman–Crippen LogP) is 1.58. The number of aryl methyl sites for hydroxylation is 1. The molecule has 2 heterocycles. The minimum atomic E-state index is -0.872. The molecule has 23 heavy (non-hydrogen) atoms. The molecule has 1 amide bonds. The first kappa shape index (κ1) is 14.6. The highest BCUT2D eigenvalue weighted by Gasteiger charge is 2.21. The molecule has 0 saturated carbocycles. The minimum Gasteiger partial charge on any atom is -0.365 e. The number of rotatable bonds is 3. The van der Waals surface area contributed by atoms with E-state index in [9.17, 15) is 19.7 Å². The van der Waals surface area contributed by atoms with Gasteiger partial charge in [0, 0.05) is 25.0 Å². The number of carbonyl (C=O) groups is 1. The van der Waals surface area contributed by atoms with Crippen molar-refractivity contribution in [1.29, 1.82) is 0 Å². The molecule has 0 spiro atoms. The third-order valence-electron chi connectivity index (χ3n) is 3.71. The van der Waals surface area contributed by atoms with Crippen LogP contribution in [0.1, 0.15) is 17.3 Å². The first-order valence-corrected chi connectivity index (χ1v) is 6.84. The van der Waals surface area contributed by atoms with E-state index in [0.29, 0.717) is 23.0 Å². The zero-order chi connectivity index (χ0) is 16.7. The van der Waals surface area contributed by atoms with Crippen molar-refractivity contribution in [3.8, 4) is 0 Å². The Bertz CT molecular complexity index is 1040. The van der Waals surface area contributed by atoms with E-state index in [4.69, 9.17) is 5.73 Å². The van der Waals surface area contributed by atoms with Crippen LogP contribution in [0.5, 0.6) is 0 Å². The Hall–Kier alpha value is -3.29. The lowest BCUT2D eigenvalue weighted by Crippen LogP contribution is -2.24. The Morgan fingerprint density at radius 1 is 1.43 bits per heavy atom. The Balaban J connectivity index is 2.66. The molecule has 0 unspecified atom stereocenters. The van der Waals surface area contributed by atoms with Crippen LogP contribution in [0, 0.1) is 10.1 Å². The molecule has 1 aromatic carbocycles. The van der Waals surface area contributed by atoms with E-state index in [2.05, 4.69) is 4.98 Å². The number of non-ortho nitro benzene ring substituents is 1. The van der Waals surface area contributed by atoms with Gasteiger partial charge in [-0.3, -0.25) is 24.7 Å². The van der Waals surface area contributed by atoms with Crippen molar-refractivity contribution < 1.29 is 9.72 Å². The third kappa shape index (κ3) is 2.11. The van der Waals surface area contributed by atoms with Crippen LogP contribution in [0.2, 0.25) is 0 Å². The van der Waals surface area contributed by atoms with Gasteiger partial charge >= 0.3 is 0 Å². The molecule has 3 rings (SSSR count). The number of aromatic nitrogens is 2. The second kappa shape index (κ2) is 5.16. The number of nitro groups is 1. The topological polar surface area (TPSA) is 121 Å². The maximum atomic E-state index is 12.5. The van der Waals surface area contributed by atoms with Crippen molar-refractivity contribution in [2.45, 2.75) is 13.5 Å². The summed E-state index contributed by atoms with van der Waals surface area (Å²) < 4.78 is 1.65. The van der Waals surface area contributed by atoms with Crippen LogP contribution in [0.15, 0.2) is 35.4 Å². The highest BCUT2D eigenvalue weighted by Crippen LogP contribution is 2.30. The summed E-state index contributed by atoms with van der Waals surface area (Å²) in [6, 6.07) is 4.35. The molecule has 2 aromatic heterocycles. The summed E-state index contributed by atoms with van der Waals surface area (Å²) in [5.74, 6) is -0.872. The lowest BCUT2D eigenvalue weighted by Gasteiger charge is -2.12. The lowest BCUT2D eigenvalue weighted by molar-refractivity contribution is -0.382. The summed E-state index contributed by atoms with van der Waals surface area (Å²) in [5.41, 5.74) is 4.95. The van der Waals surface area contributed by atoms with Gasteiger partial charge in [-0.05, 0) is 19.1 Å². The van der Waals surface area contributed by atoms with Gasteiger partial charge in [-0.25, -0.2) is 0 Å². The largest absolute Gasteiger partial charge is 0.365 e. The average molecular weight is 312 g/mol. The van der Waals surface area contributed by atoms with Crippen molar-refractivity contribution >= 4 is 33.4 Å². The minimum absolute atomic E-state index is 0.0565. The molecular formula is C15H12N4O4. The normalized spacial score (nSPS) is 11.0. The van der Waals surface area contributed by atoms with Crippen LogP contribution in [0.4, 0.5) is 5.69 Å². The maximum absolute atomic E-state index is 12.5. The summed E-state index contributed by atoms with van der Waals surface area (Å²) >= 11 is 0. The second-order valence-electron chi connectivity index (χ2n) is 4.97. The summed E-state index contributed by atoms with van der Waals surface area (Å²) in [4.78, 5) is 38.9. The number of hydrogen-bond acceptors (Lipinski definition) is 5. The molecule has 116 valence electrons. The number of pyridine rings is 2. The first-order chi connectivity index (χ1) is 11.0. The van der Waals surface area contributed by atoms with E-state index in [1.807, 2.05) is 6.92 Å². The van der Waals surface area contributed by atoms with Gasteiger partial charge in [-0.2, -0.15) is 0 Å². The van der Waals surface area contributed by atoms with E-state index in [-0.39, 0.29) is 16.6 Å². The molecule has 0 saturated heterocycles. The molecule has 0 atom stereocenters. The van der Waals surface area contributed by atoms with Gasteiger partial charge in [-0.1, -0.05) is 0 Å². The monoisotopic (exact) mass is 312 g/mol. The van der Waals surface area contributed by atoms with Gasteiger partial charge in [0.1, 0.15) is 11.1 Å². The number of primary amides is 1. The molecule has 0 fully saturated rings. The van der Waals surface area contributed by atoms with E-state index >= 15 is 0 Å². The number of hydrogen-bond donors (Lipinski definition) is 1. The van der Waals surface area contributed by atoms with E-state index in [0.717, 1.165) is 0 Å². The standard InChI is InChI=1S/C15H12N4O4/c1-2-18-7-10(15(16)21)14(20)9-6-11(19(22)23)8-4-3-5-17-12(8)13(9)18/h3-7H,2H2,1H3,(H2,16,21). The zero-order valence-corrected chi connectivity index (χ0v) is 12.1. The quantitative estimate of drug-likeness (QED) is 0.447. The summed E-state index contributed by atoms with van der Waals surface area (Å²) in [5, 5.41) is 11.7. The van der Waals surface area contributed by atoms with Crippen molar-refractivity contribution in [2.24, 2.45) is 5.73 Å². The fourth-order valence-electron chi connectivity index (χ4n) is 2.67. The summed E-state index contributed by atoms with van der Waals surface area (Å²) in [6.07, 6.45) is 2.87. The van der Waals surface area contributed by atoms with Crippen LogP contribution in [-0.2, 0) is 6.54 Å². The van der Waals surface area contributed by atoms with Crippen molar-refractivity contribution in [3.05, 3.63) is 56.5 Å². The number of nitro benzene ring substituents is 1. The van der Waals surface area contributed by atoms with Crippen molar-refractivity contribution in [2.75, 3.05) is 0 Å². The Kier molecular flexibility index (Phi) is 3.29. The lowest BCUT2D eigenvalue weighted by atomic mass is 10.1. The molecule has 0 aliphatic rings. The second-order valence-corrected chi connectivity index (χ2v) is 4.97. The van der Waals surface area contributed by atoms with Crippen molar-refractivity contribution in [3.63, 3.8) is 0 Å². The highest BCUT2D eigenvalue weighted by molar-refractivity contribution is 6.09. The maximum Gasteiger partial charge on any atom is 0.279 e. The molecule has 3 aromatic rings. The van der Waals surface area contributed by atoms with Crippen LogP contribution >= 0.6 is 0 Å². The number of nitrogens with two attached hydrogens (primary N) is 1. The van der Waals surface area contributed by atoms with Gasteiger partial charge in [0.25, 0.3) is 11.6 Å². The van der Waals surface area contributed by atoms with E-state index in [1.54, 1.807) is 16.7 Å². The SMILES string of the molecule is CCn1cc(C(N)=O)c(=O)c2cc([N+](=O)[O-])c3cccnc3c21. The van der Waals surface area contributed by atoms with Gasteiger partial charge in [0.05, 0.1) is 21.2 Å². The fourth-order valence-corrected chi connectivity index (χ4v) is 2.67. The fraction of sp³-hybridized carbons (Fsp3) is 0.133. The number of benzene rings is 1. The summed E-state index contributed by atoms with van der Waals surface area (Å²) in [7, 11) is 0. The van der Waals surface area contributed by atoms with Crippen LogP contribution < -0.4 is 11.2 Å². The van der Waals surface area contributed by atoms with Crippen LogP contribution in [0.3, 0.4) is 0 Å². The van der Waals surface area contributed by atoms with Crippen LogP contribution in [-0.4, -0.2) is 20.4 Å². The molecule has 0 aliphatic heterocycles. The van der Waals surface area contributed by atoms with E-state index in [1.165, 1.54) is 18.5 Å². The van der Waals surface area contributed by atoms with Gasteiger partial charge in [-0.15, -0.1) is 0 Å². The smallest absolute Gasteiger partial charge is 0.279 e. The molecule has 8 heteroatoms. The predicted molar refractivity (Wildman–Crippen MR) is 84.4 cm³/mol. The van der Waals surface area contributed by atoms with E-state index < -0.39 is 16.3 Å². The molecule has 0 aliphatic carbocycles. The zero-order valence-electron chi connectivity index (χ0n) is 12.1. The molecular weight excluding hydrogens is 300 g/mol. The van der Waals surface area contributed by atoms with Crippen molar-refractivity contribution in [1.82, 2.24) is 9.55 Å². The molecule has 0 radical (unpaired) electrons. The highest BCUT2D eigenvalue weighted by atomic mass is 16.6. The third-order valence-corrected chi connectivity index (χ3v) is 3.71. The van der Waals surface area contributed by atoms with Gasteiger partial charge < -0.3 is 10.3 Å². The number of amides is 1. The number of carbonyl (C=O) groups excluding carboxylic acids is 1. The number of fused-ring (bicyclic) bond motifs is 3. The Morgan fingerprint density at radius 2 is 2.17 bits per heavy atom. The van der Waals surface area contributed by atoms with Gasteiger partial charge in [0.15, 0.2) is 0 Å². The summed E-state index contributed by atoms with van der Waals surface area (Å²) in [6.45, 7) is 2.27. The molecule has 2 N–H and O–H groups in total.